The minimum Gasteiger partial charge on any atom is -0.479 e. The molecular formula is C12H24N2O3. The lowest BCUT2D eigenvalue weighted by Crippen LogP contribution is -2.54. The van der Waals surface area contributed by atoms with Gasteiger partial charge in [0.15, 0.2) is 5.60 Å². The van der Waals surface area contributed by atoms with Crippen molar-refractivity contribution in [3.63, 3.8) is 0 Å². The molecule has 5 heteroatoms. The van der Waals surface area contributed by atoms with Gasteiger partial charge in [0.05, 0.1) is 0 Å². The van der Waals surface area contributed by atoms with E-state index in [2.05, 4.69) is 18.7 Å². The number of carboxylic acids is 1. The second-order valence-corrected chi connectivity index (χ2v) is 5.15. The molecule has 100 valence electrons. The Bertz CT molecular complexity index is 260. The van der Waals surface area contributed by atoms with E-state index in [0.29, 0.717) is 6.04 Å². The topological polar surface area (TPSA) is 64.0 Å². The average molecular weight is 244 g/mol. The molecule has 2 unspecified atom stereocenters. The Morgan fingerprint density at radius 3 is 2.29 bits per heavy atom. The molecule has 0 radical (unpaired) electrons. The molecule has 0 saturated carbocycles. The van der Waals surface area contributed by atoms with Crippen LogP contribution in [0.5, 0.6) is 0 Å². The number of hydrogen-bond donors (Lipinski definition) is 2. The van der Waals surface area contributed by atoms with Gasteiger partial charge in [-0.1, -0.05) is 6.92 Å². The second-order valence-electron chi connectivity index (χ2n) is 5.15. The van der Waals surface area contributed by atoms with E-state index < -0.39 is 11.6 Å². The van der Waals surface area contributed by atoms with E-state index >= 15 is 0 Å². The van der Waals surface area contributed by atoms with Gasteiger partial charge in [0.25, 0.3) is 0 Å². The van der Waals surface area contributed by atoms with Gasteiger partial charge < -0.3 is 10.2 Å². The summed E-state index contributed by atoms with van der Waals surface area (Å²) in [4.78, 5) is 15.3. The SMILES string of the molecule is CCC(C)N1CCN(CC(C)(O)C(=O)O)CC1. The zero-order valence-corrected chi connectivity index (χ0v) is 11.0. The van der Waals surface area contributed by atoms with Crippen molar-refractivity contribution in [1.82, 2.24) is 9.80 Å². The molecule has 1 saturated heterocycles. The van der Waals surface area contributed by atoms with Gasteiger partial charge in [0.2, 0.25) is 0 Å². The lowest BCUT2D eigenvalue weighted by Gasteiger charge is -2.39. The number of β-amino-alcohol motifs (C(OH)–C–C–N with tert-alkyl or cyclic N) is 1. The Balaban J connectivity index is 2.40. The van der Waals surface area contributed by atoms with Crippen molar-refractivity contribution in [3.8, 4) is 0 Å². The van der Waals surface area contributed by atoms with Crippen LogP contribution < -0.4 is 0 Å². The van der Waals surface area contributed by atoms with E-state index in [1.54, 1.807) is 0 Å². The summed E-state index contributed by atoms with van der Waals surface area (Å²) in [6.45, 7) is 9.50. The first-order valence-corrected chi connectivity index (χ1v) is 6.29. The van der Waals surface area contributed by atoms with Crippen molar-refractivity contribution in [2.45, 2.75) is 38.8 Å². The summed E-state index contributed by atoms with van der Waals surface area (Å²) in [5, 5.41) is 18.6. The molecule has 0 aliphatic carbocycles. The molecule has 1 aliphatic heterocycles. The summed E-state index contributed by atoms with van der Waals surface area (Å²) in [7, 11) is 0. The Kier molecular flexibility index (Phi) is 4.91. The van der Waals surface area contributed by atoms with Crippen molar-refractivity contribution in [3.05, 3.63) is 0 Å². The normalized spacial score (nSPS) is 24.2. The van der Waals surface area contributed by atoms with E-state index in [4.69, 9.17) is 5.11 Å². The standard InChI is InChI=1S/C12H24N2O3/c1-4-10(2)14-7-5-13(6-8-14)9-12(3,17)11(15)16/h10,17H,4-9H2,1-3H3,(H,15,16). The van der Waals surface area contributed by atoms with Crippen LogP contribution >= 0.6 is 0 Å². The summed E-state index contributed by atoms with van der Waals surface area (Å²) in [6, 6.07) is 0.581. The highest BCUT2D eigenvalue weighted by Gasteiger charge is 2.33. The molecule has 1 rings (SSSR count). The first-order chi connectivity index (χ1) is 7.86. The summed E-state index contributed by atoms with van der Waals surface area (Å²) < 4.78 is 0. The van der Waals surface area contributed by atoms with E-state index in [0.717, 1.165) is 32.6 Å². The van der Waals surface area contributed by atoms with Crippen LogP contribution in [0.15, 0.2) is 0 Å². The zero-order valence-electron chi connectivity index (χ0n) is 11.0. The molecule has 17 heavy (non-hydrogen) atoms. The zero-order chi connectivity index (χ0) is 13.1. The van der Waals surface area contributed by atoms with Gasteiger partial charge in [-0.2, -0.15) is 0 Å². The quantitative estimate of drug-likeness (QED) is 0.725. The molecule has 2 N–H and O–H groups in total. The summed E-state index contributed by atoms with van der Waals surface area (Å²) in [6.07, 6.45) is 1.13. The molecule has 1 heterocycles. The lowest BCUT2D eigenvalue weighted by molar-refractivity contribution is -0.158. The lowest BCUT2D eigenvalue weighted by atomic mass is 10.1. The van der Waals surface area contributed by atoms with Crippen LogP contribution in [0.4, 0.5) is 0 Å². The highest BCUT2D eigenvalue weighted by atomic mass is 16.4. The van der Waals surface area contributed by atoms with Gasteiger partial charge in [0.1, 0.15) is 0 Å². The smallest absolute Gasteiger partial charge is 0.336 e. The minimum absolute atomic E-state index is 0.205. The molecular weight excluding hydrogens is 220 g/mol. The first kappa shape index (κ1) is 14.4. The van der Waals surface area contributed by atoms with Crippen LogP contribution in [0.3, 0.4) is 0 Å². The predicted molar refractivity (Wildman–Crippen MR) is 66.0 cm³/mol. The highest BCUT2D eigenvalue weighted by Crippen LogP contribution is 2.12. The fraction of sp³-hybridized carbons (Fsp3) is 0.917. The van der Waals surface area contributed by atoms with Gasteiger partial charge in [-0.05, 0) is 20.3 Å². The maximum atomic E-state index is 10.8. The number of carbonyl (C=O) groups is 1. The fourth-order valence-electron chi connectivity index (χ4n) is 2.12. The molecule has 0 amide bonds. The number of aliphatic hydroxyl groups is 1. The van der Waals surface area contributed by atoms with Crippen LogP contribution in [0.2, 0.25) is 0 Å². The maximum absolute atomic E-state index is 10.8. The van der Waals surface area contributed by atoms with Crippen molar-refractivity contribution in [2.24, 2.45) is 0 Å². The molecule has 1 fully saturated rings. The highest BCUT2D eigenvalue weighted by molar-refractivity contribution is 5.76. The predicted octanol–water partition coefficient (Wildman–Crippen LogP) is 0.238. The Morgan fingerprint density at radius 1 is 1.35 bits per heavy atom. The summed E-state index contributed by atoms with van der Waals surface area (Å²) in [5.74, 6) is -1.15. The Hall–Kier alpha value is -0.650. The van der Waals surface area contributed by atoms with Crippen LogP contribution in [-0.4, -0.2) is 70.3 Å². The van der Waals surface area contributed by atoms with Crippen molar-refractivity contribution in [2.75, 3.05) is 32.7 Å². The minimum atomic E-state index is -1.64. The molecule has 2 atom stereocenters. The van der Waals surface area contributed by atoms with E-state index in [9.17, 15) is 9.90 Å². The number of piperazine rings is 1. The van der Waals surface area contributed by atoms with Crippen molar-refractivity contribution in [1.29, 1.82) is 0 Å². The Labute approximate surface area is 103 Å². The van der Waals surface area contributed by atoms with Crippen molar-refractivity contribution >= 4 is 5.97 Å². The average Bonchev–Trinajstić information content (AvgIpc) is 2.28. The van der Waals surface area contributed by atoms with Crippen LogP contribution in [0.1, 0.15) is 27.2 Å². The third-order valence-electron chi connectivity index (χ3n) is 3.61. The van der Waals surface area contributed by atoms with E-state index in [1.807, 2.05) is 4.90 Å². The maximum Gasteiger partial charge on any atom is 0.336 e. The largest absolute Gasteiger partial charge is 0.479 e. The molecule has 0 aromatic rings. The van der Waals surface area contributed by atoms with Crippen LogP contribution in [-0.2, 0) is 4.79 Å². The molecule has 1 aliphatic rings. The van der Waals surface area contributed by atoms with Gasteiger partial charge in [0, 0.05) is 38.8 Å². The number of carboxylic acid groups (broad SMARTS) is 1. The molecule has 5 nitrogen and oxygen atoms in total. The first-order valence-electron chi connectivity index (χ1n) is 6.29. The molecule has 0 bridgehead atoms. The number of rotatable bonds is 5. The third-order valence-corrected chi connectivity index (χ3v) is 3.61. The van der Waals surface area contributed by atoms with Gasteiger partial charge in [-0.25, -0.2) is 4.79 Å². The number of nitrogens with zero attached hydrogens (tertiary/aromatic N) is 2. The van der Waals surface area contributed by atoms with Crippen LogP contribution in [0, 0.1) is 0 Å². The second kappa shape index (κ2) is 5.80. The fourth-order valence-corrected chi connectivity index (χ4v) is 2.12. The number of aliphatic carboxylic acids is 1. The number of hydrogen-bond acceptors (Lipinski definition) is 4. The van der Waals surface area contributed by atoms with Crippen molar-refractivity contribution < 1.29 is 15.0 Å². The summed E-state index contributed by atoms with van der Waals surface area (Å²) in [5.41, 5.74) is -1.64. The molecule has 0 spiro atoms. The monoisotopic (exact) mass is 244 g/mol. The van der Waals surface area contributed by atoms with E-state index in [1.165, 1.54) is 6.92 Å². The van der Waals surface area contributed by atoms with Gasteiger partial charge in [-0.3, -0.25) is 9.80 Å². The molecule has 0 aromatic heterocycles. The summed E-state index contributed by atoms with van der Waals surface area (Å²) >= 11 is 0. The third kappa shape index (κ3) is 3.94. The Morgan fingerprint density at radius 2 is 1.88 bits per heavy atom. The van der Waals surface area contributed by atoms with E-state index in [-0.39, 0.29) is 6.54 Å². The molecule has 0 aromatic carbocycles. The van der Waals surface area contributed by atoms with Crippen LogP contribution in [0.25, 0.3) is 0 Å². The van der Waals surface area contributed by atoms with Gasteiger partial charge >= 0.3 is 5.97 Å². The van der Waals surface area contributed by atoms with Gasteiger partial charge in [-0.15, -0.1) is 0 Å².